The topological polar surface area (TPSA) is 63.4 Å². The zero-order chi connectivity index (χ0) is 10.7. The molecule has 1 aliphatic heterocycles. The average molecular weight is 203 g/mol. The molecule has 5 heteroatoms. The van der Waals surface area contributed by atoms with Crippen molar-refractivity contribution in [1.82, 2.24) is 0 Å². The Morgan fingerprint density at radius 1 is 1.33 bits per heavy atom. The molecule has 0 fully saturated rings. The van der Waals surface area contributed by atoms with Crippen molar-refractivity contribution < 1.29 is 9.53 Å². The van der Waals surface area contributed by atoms with Crippen molar-refractivity contribution in [1.29, 1.82) is 0 Å². The number of para-hydroxylation sites is 2. The number of aliphatic imine (C=N–C) groups is 1. The highest BCUT2D eigenvalue weighted by Crippen LogP contribution is 1.91. The van der Waals surface area contributed by atoms with Gasteiger partial charge in [-0.15, -0.1) is 4.99 Å². The van der Waals surface area contributed by atoms with E-state index in [9.17, 15) is 4.79 Å². The van der Waals surface area contributed by atoms with Gasteiger partial charge in [0.05, 0.1) is 17.3 Å². The van der Waals surface area contributed by atoms with E-state index in [1.165, 1.54) is 0 Å². The second-order valence-corrected chi connectivity index (χ2v) is 2.82. The summed E-state index contributed by atoms with van der Waals surface area (Å²) < 4.78 is 4.66. The molecule has 0 aliphatic carbocycles. The highest BCUT2D eigenvalue weighted by atomic mass is 16.5. The number of fused-ring (bicyclic) bond motifs is 1. The fourth-order valence-electron chi connectivity index (χ4n) is 1.18. The summed E-state index contributed by atoms with van der Waals surface area (Å²) in [6.45, 7) is 2.01. The predicted molar refractivity (Wildman–Crippen MR) is 53.2 cm³/mol. The van der Waals surface area contributed by atoms with E-state index in [2.05, 4.69) is 19.7 Å². The fourth-order valence-corrected chi connectivity index (χ4v) is 1.18. The van der Waals surface area contributed by atoms with Crippen LogP contribution in [0.25, 0.3) is 0 Å². The molecule has 0 spiro atoms. The van der Waals surface area contributed by atoms with Crippen LogP contribution in [0.3, 0.4) is 0 Å². The molecule has 1 aliphatic rings. The van der Waals surface area contributed by atoms with Crippen molar-refractivity contribution in [2.45, 2.75) is 6.92 Å². The summed E-state index contributed by atoms with van der Waals surface area (Å²) in [5.74, 6) is 0.148. The lowest BCUT2D eigenvalue weighted by atomic mass is 10.3. The molecule has 1 aromatic carbocycles. The number of ether oxygens (including phenoxy) is 1. The highest BCUT2D eigenvalue weighted by Gasteiger charge is 2.06. The average Bonchev–Trinajstić information content (AvgIpc) is 2.59. The molecule has 0 saturated heterocycles. The quantitative estimate of drug-likeness (QED) is 0.665. The first-order valence-electron chi connectivity index (χ1n) is 4.57. The molecule has 0 saturated carbocycles. The maximum Gasteiger partial charge on any atom is 0.436 e. The van der Waals surface area contributed by atoms with Crippen LogP contribution < -0.4 is 10.7 Å². The molecule has 1 heterocycles. The van der Waals surface area contributed by atoms with E-state index in [1.54, 1.807) is 6.92 Å². The Labute approximate surface area is 85.8 Å². The number of hydrogen-bond donors (Lipinski definition) is 0. The van der Waals surface area contributed by atoms with Gasteiger partial charge in [-0.05, 0) is 19.1 Å². The van der Waals surface area contributed by atoms with Crippen LogP contribution in [-0.4, -0.2) is 18.7 Å². The first-order valence-corrected chi connectivity index (χ1v) is 4.57. The first-order chi connectivity index (χ1) is 7.29. The van der Waals surface area contributed by atoms with Gasteiger partial charge in [-0.25, -0.2) is 14.8 Å². The van der Waals surface area contributed by atoms with Gasteiger partial charge in [0.1, 0.15) is 0 Å². The Balaban J connectivity index is 2.31. The third-order valence-electron chi connectivity index (χ3n) is 1.78. The first kappa shape index (κ1) is 9.51. The van der Waals surface area contributed by atoms with E-state index in [0.29, 0.717) is 6.61 Å². The van der Waals surface area contributed by atoms with Crippen LogP contribution in [0.2, 0.25) is 0 Å². The predicted octanol–water partition coefficient (Wildman–Crippen LogP) is 0.452. The second-order valence-electron chi connectivity index (χ2n) is 2.82. The molecule has 1 amide bonds. The van der Waals surface area contributed by atoms with Crippen molar-refractivity contribution in [3.63, 3.8) is 0 Å². The Kier molecular flexibility index (Phi) is 2.53. The molecular formula is C10H9N3O2. The number of hydrogen-bond acceptors (Lipinski definition) is 2. The van der Waals surface area contributed by atoms with Crippen molar-refractivity contribution in [2.75, 3.05) is 6.61 Å². The van der Waals surface area contributed by atoms with E-state index in [1.807, 2.05) is 24.3 Å². The lowest BCUT2D eigenvalue weighted by Crippen LogP contribution is -2.19. The molecule has 0 aromatic heterocycles. The Bertz CT molecular complexity index is 497. The largest absolute Gasteiger partial charge is 0.448 e. The van der Waals surface area contributed by atoms with Crippen LogP contribution >= 0.6 is 0 Å². The number of carbonyl (C=O) groups excluding carboxylic acids is 1. The smallest absolute Gasteiger partial charge is 0.436 e. The van der Waals surface area contributed by atoms with Crippen LogP contribution in [0.15, 0.2) is 39.2 Å². The second kappa shape index (κ2) is 4.00. The fraction of sp³-hybridized carbons (Fsp3) is 0.200. The summed E-state index contributed by atoms with van der Waals surface area (Å²) in [7, 11) is 0. The highest BCUT2D eigenvalue weighted by molar-refractivity contribution is 5.92. The minimum absolute atomic E-state index is 0.148. The molecule has 0 bridgehead atoms. The lowest BCUT2D eigenvalue weighted by Gasteiger charge is -1.92. The summed E-state index contributed by atoms with van der Waals surface area (Å²) in [5.41, 5.74) is 0. The molecule has 2 rings (SSSR count). The summed E-state index contributed by atoms with van der Waals surface area (Å²) >= 11 is 0. The van der Waals surface area contributed by atoms with Gasteiger partial charge < -0.3 is 4.74 Å². The number of guanidine groups is 1. The van der Waals surface area contributed by atoms with Gasteiger partial charge in [0.25, 0.3) is 5.96 Å². The van der Waals surface area contributed by atoms with Crippen LogP contribution in [0.4, 0.5) is 4.79 Å². The molecule has 76 valence electrons. The van der Waals surface area contributed by atoms with Gasteiger partial charge >= 0.3 is 6.09 Å². The SMILES string of the molecule is CCOC(=O)N=C1N=c2ccccc2=N1. The van der Waals surface area contributed by atoms with E-state index in [0.717, 1.165) is 10.7 Å². The summed E-state index contributed by atoms with van der Waals surface area (Å²) in [4.78, 5) is 22.7. The van der Waals surface area contributed by atoms with Crippen LogP contribution in [0.5, 0.6) is 0 Å². The molecule has 0 atom stereocenters. The Hall–Kier alpha value is -2.04. The van der Waals surface area contributed by atoms with Gasteiger partial charge in [0, 0.05) is 0 Å². The van der Waals surface area contributed by atoms with E-state index >= 15 is 0 Å². The van der Waals surface area contributed by atoms with Gasteiger partial charge in [0.2, 0.25) is 0 Å². The number of nitrogens with zero attached hydrogens (tertiary/aromatic N) is 3. The van der Waals surface area contributed by atoms with Gasteiger partial charge in [0.15, 0.2) is 0 Å². The van der Waals surface area contributed by atoms with E-state index in [-0.39, 0.29) is 5.96 Å². The third-order valence-corrected chi connectivity index (χ3v) is 1.78. The minimum atomic E-state index is -0.659. The van der Waals surface area contributed by atoms with Crippen LogP contribution in [0, 0.1) is 0 Å². The zero-order valence-electron chi connectivity index (χ0n) is 8.17. The standard InChI is InChI=1S/C10H9N3O2/c1-2-15-10(14)13-9-11-7-5-3-4-6-8(7)12-9/h3-6H,2H2,1H3. The molecular weight excluding hydrogens is 194 g/mol. The van der Waals surface area contributed by atoms with Crippen molar-refractivity contribution in [3.05, 3.63) is 35.0 Å². The molecule has 0 radical (unpaired) electrons. The Morgan fingerprint density at radius 3 is 2.47 bits per heavy atom. The maximum absolute atomic E-state index is 11.0. The van der Waals surface area contributed by atoms with E-state index < -0.39 is 6.09 Å². The van der Waals surface area contributed by atoms with Gasteiger partial charge in [-0.2, -0.15) is 0 Å². The minimum Gasteiger partial charge on any atom is -0.448 e. The normalized spacial score (nSPS) is 12.5. The van der Waals surface area contributed by atoms with Crippen molar-refractivity contribution >= 4 is 12.1 Å². The summed E-state index contributed by atoms with van der Waals surface area (Å²) in [6.07, 6.45) is -0.659. The third kappa shape index (κ3) is 2.07. The van der Waals surface area contributed by atoms with Gasteiger partial charge in [-0.3, -0.25) is 0 Å². The summed E-state index contributed by atoms with van der Waals surface area (Å²) in [6, 6.07) is 7.33. The maximum atomic E-state index is 11.0. The molecule has 0 N–H and O–H groups in total. The van der Waals surface area contributed by atoms with E-state index in [4.69, 9.17) is 0 Å². The number of benzene rings is 1. The summed E-state index contributed by atoms with van der Waals surface area (Å²) in [5, 5.41) is 1.45. The van der Waals surface area contributed by atoms with Gasteiger partial charge in [-0.1, -0.05) is 12.1 Å². The van der Waals surface area contributed by atoms with Crippen LogP contribution in [-0.2, 0) is 4.74 Å². The molecule has 1 aromatic rings. The monoisotopic (exact) mass is 203 g/mol. The molecule has 15 heavy (non-hydrogen) atoms. The number of carbonyl (C=O) groups is 1. The van der Waals surface area contributed by atoms with Crippen LogP contribution in [0.1, 0.15) is 6.92 Å². The molecule has 5 nitrogen and oxygen atoms in total. The molecule has 0 unspecified atom stereocenters. The zero-order valence-corrected chi connectivity index (χ0v) is 8.17. The lowest BCUT2D eigenvalue weighted by molar-refractivity contribution is 0.163. The van der Waals surface area contributed by atoms with Crippen molar-refractivity contribution in [2.24, 2.45) is 15.0 Å². The number of rotatable bonds is 1. The number of amides is 1. The Morgan fingerprint density at radius 2 is 1.93 bits per heavy atom. The van der Waals surface area contributed by atoms with Crippen molar-refractivity contribution in [3.8, 4) is 0 Å².